The maximum absolute atomic E-state index is 12.0. The molecule has 0 aromatic heterocycles. The second kappa shape index (κ2) is 7.27. The third-order valence-electron chi connectivity index (χ3n) is 3.22. The van der Waals surface area contributed by atoms with Crippen molar-refractivity contribution in [2.45, 2.75) is 0 Å². The number of ether oxygens (including phenoxy) is 2. The summed E-state index contributed by atoms with van der Waals surface area (Å²) in [5.41, 5.74) is 1.80. The van der Waals surface area contributed by atoms with Gasteiger partial charge in [0.1, 0.15) is 12.4 Å². The summed E-state index contributed by atoms with van der Waals surface area (Å²) in [6.45, 7) is 4.04. The fourth-order valence-electron chi connectivity index (χ4n) is 2.16. The van der Waals surface area contributed by atoms with Crippen molar-refractivity contribution in [3.05, 3.63) is 82.5 Å². The van der Waals surface area contributed by atoms with Crippen LogP contribution in [-0.4, -0.2) is 18.5 Å². The van der Waals surface area contributed by atoms with E-state index in [1.54, 1.807) is 12.2 Å². The van der Waals surface area contributed by atoms with E-state index in [0.717, 1.165) is 15.6 Å². The molecule has 1 heterocycles. The first-order chi connectivity index (χ1) is 11.7. The molecule has 2 aromatic carbocycles. The Hall–Kier alpha value is -2.66. The molecule has 2 aromatic rings. The molecular weight excluding hydrogens is 370 g/mol. The van der Waals surface area contributed by atoms with Crippen molar-refractivity contribution in [2.75, 3.05) is 6.61 Å². The largest absolute Gasteiger partial charge is 0.490 e. The van der Waals surface area contributed by atoms with Gasteiger partial charge in [-0.15, -0.1) is 0 Å². The van der Waals surface area contributed by atoms with Crippen LogP contribution in [0.1, 0.15) is 11.1 Å². The Kier molecular flexibility index (Phi) is 4.91. The SMILES string of the molecule is C=CCOc1cccc(/C=C2\N=C(c3cccc(Br)c3)OC2=O)c1. The highest BCUT2D eigenvalue weighted by atomic mass is 79.9. The number of esters is 1. The maximum Gasteiger partial charge on any atom is 0.363 e. The first-order valence-corrected chi connectivity index (χ1v) is 8.07. The van der Waals surface area contributed by atoms with E-state index in [0.29, 0.717) is 18.3 Å². The number of halogens is 1. The number of hydrogen-bond acceptors (Lipinski definition) is 4. The molecule has 0 spiro atoms. The Morgan fingerprint density at radius 2 is 2.04 bits per heavy atom. The van der Waals surface area contributed by atoms with Crippen LogP contribution in [-0.2, 0) is 9.53 Å². The molecule has 0 amide bonds. The van der Waals surface area contributed by atoms with Crippen molar-refractivity contribution in [1.29, 1.82) is 0 Å². The van der Waals surface area contributed by atoms with Crippen molar-refractivity contribution in [2.24, 2.45) is 4.99 Å². The van der Waals surface area contributed by atoms with Crippen LogP contribution < -0.4 is 4.74 Å². The average Bonchev–Trinajstić information content (AvgIpc) is 2.94. The highest BCUT2D eigenvalue weighted by Gasteiger charge is 2.24. The predicted molar refractivity (Wildman–Crippen MR) is 96.9 cm³/mol. The van der Waals surface area contributed by atoms with E-state index in [1.165, 1.54) is 0 Å². The smallest absolute Gasteiger partial charge is 0.363 e. The summed E-state index contributed by atoms with van der Waals surface area (Å²) in [5.74, 6) is 0.529. The molecule has 0 fully saturated rings. The van der Waals surface area contributed by atoms with Crippen molar-refractivity contribution >= 4 is 33.9 Å². The van der Waals surface area contributed by atoms with Gasteiger partial charge in [-0.1, -0.05) is 46.8 Å². The molecule has 1 aliphatic rings. The molecule has 120 valence electrons. The van der Waals surface area contributed by atoms with Crippen LogP contribution in [0.2, 0.25) is 0 Å². The molecule has 0 unspecified atom stereocenters. The molecule has 1 aliphatic heterocycles. The van der Waals surface area contributed by atoms with Crippen LogP contribution in [0.15, 0.2) is 76.3 Å². The quantitative estimate of drug-likeness (QED) is 0.437. The van der Waals surface area contributed by atoms with Gasteiger partial charge in [0, 0.05) is 10.0 Å². The van der Waals surface area contributed by atoms with E-state index in [9.17, 15) is 4.79 Å². The Morgan fingerprint density at radius 1 is 1.21 bits per heavy atom. The van der Waals surface area contributed by atoms with Crippen LogP contribution in [0, 0.1) is 0 Å². The van der Waals surface area contributed by atoms with E-state index in [4.69, 9.17) is 9.47 Å². The Bertz CT molecular complexity index is 855. The number of carbonyl (C=O) groups excluding carboxylic acids is 1. The van der Waals surface area contributed by atoms with E-state index < -0.39 is 5.97 Å². The van der Waals surface area contributed by atoms with E-state index in [2.05, 4.69) is 27.5 Å². The van der Waals surface area contributed by atoms with E-state index in [1.807, 2.05) is 48.5 Å². The molecule has 5 heteroatoms. The van der Waals surface area contributed by atoms with Gasteiger partial charge in [0.25, 0.3) is 0 Å². The Balaban J connectivity index is 1.87. The average molecular weight is 384 g/mol. The molecule has 0 aliphatic carbocycles. The molecule has 0 saturated carbocycles. The molecule has 4 nitrogen and oxygen atoms in total. The zero-order valence-electron chi connectivity index (χ0n) is 12.7. The number of nitrogens with zero attached hydrogens (tertiary/aromatic N) is 1. The van der Waals surface area contributed by atoms with Gasteiger partial charge < -0.3 is 9.47 Å². The first kappa shape index (κ1) is 16.2. The number of carbonyl (C=O) groups is 1. The minimum Gasteiger partial charge on any atom is -0.490 e. The predicted octanol–water partition coefficient (Wildman–Crippen LogP) is 4.36. The second-order valence-corrected chi connectivity index (χ2v) is 5.93. The summed E-state index contributed by atoms with van der Waals surface area (Å²) in [6.07, 6.45) is 3.35. The van der Waals surface area contributed by atoms with Gasteiger partial charge in [-0.25, -0.2) is 9.79 Å². The van der Waals surface area contributed by atoms with Gasteiger partial charge >= 0.3 is 5.97 Å². The van der Waals surface area contributed by atoms with Gasteiger partial charge in [0.2, 0.25) is 5.90 Å². The number of rotatable bonds is 5. The number of cyclic esters (lactones) is 1. The van der Waals surface area contributed by atoms with Crippen molar-refractivity contribution < 1.29 is 14.3 Å². The fourth-order valence-corrected chi connectivity index (χ4v) is 2.56. The lowest BCUT2D eigenvalue weighted by Gasteiger charge is -2.03. The van der Waals surface area contributed by atoms with Gasteiger partial charge in [0.15, 0.2) is 5.70 Å². The van der Waals surface area contributed by atoms with E-state index in [-0.39, 0.29) is 5.70 Å². The molecule has 0 bridgehead atoms. The van der Waals surface area contributed by atoms with Crippen molar-refractivity contribution in [1.82, 2.24) is 0 Å². The van der Waals surface area contributed by atoms with Crippen LogP contribution in [0.25, 0.3) is 6.08 Å². The van der Waals surface area contributed by atoms with E-state index >= 15 is 0 Å². The first-order valence-electron chi connectivity index (χ1n) is 7.28. The lowest BCUT2D eigenvalue weighted by molar-refractivity contribution is -0.129. The lowest BCUT2D eigenvalue weighted by Crippen LogP contribution is -2.05. The number of aliphatic imine (C=N–C) groups is 1. The molecular formula is C19H14BrNO3. The summed E-state index contributed by atoms with van der Waals surface area (Å²) in [7, 11) is 0. The normalized spacial score (nSPS) is 15.1. The van der Waals surface area contributed by atoms with Crippen molar-refractivity contribution in [3.8, 4) is 5.75 Å². The van der Waals surface area contributed by atoms with Crippen LogP contribution in [0.5, 0.6) is 5.75 Å². The minimum atomic E-state index is -0.470. The zero-order chi connectivity index (χ0) is 16.9. The summed E-state index contributed by atoms with van der Waals surface area (Å²) >= 11 is 3.39. The third kappa shape index (κ3) is 3.81. The maximum atomic E-state index is 12.0. The Labute approximate surface area is 148 Å². The number of hydrogen-bond donors (Lipinski definition) is 0. The van der Waals surface area contributed by atoms with Crippen molar-refractivity contribution in [3.63, 3.8) is 0 Å². The zero-order valence-corrected chi connectivity index (χ0v) is 14.3. The monoisotopic (exact) mass is 383 g/mol. The summed E-state index contributed by atoms with van der Waals surface area (Å²) in [5, 5.41) is 0. The summed E-state index contributed by atoms with van der Waals surface area (Å²) in [6, 6.07) is 14.8. The summed E-state index contributed by atoms with van der Waals surface area (Å²) < 4.78 is 11.6. The molecule has 24 heavy (non-hydrogen) atoms. The molecule has 0 radical (unpaired) electrons. The molecule has 0 N–H and O–H groups in total. The lowest BCUT2D eigenvalue weighted by atomic mass is 10.2. The second-order valence-electron chi connectivity index (χ2n) is 5.02. The standard InChI is InChI=1S/C19H14BrNO3/c1-2-9-23-16-8-3-5-13(10-16)11-17-19(22)24-18(21-17)14-6-4-7-15(20)12-14/h2-8,10-12H,1,9H2/b17-11-. The van der Waals surface area contributed by atoms with Gasteiger partial charge in [-0.3, -0.25) is 0 Å². The molecule has 3 rings (SSSR count). The molecule has 0 saturated heterocycles. The van der Waals surface area contributed by atoms with Gasteiger partial charge in [-0.2, -0.15) is 0 Å². The summed E-state index contributed by atoms with van der Waals surface area (Å²) in [4.78, 5) is 16.3. The fraction of sp³-hybridized carbons (Fsp3) is 0.0526. The minimum absolute atomic E-state index is 0.255. The Morgan fingerprint density at radius 3 is 2.83 bits per heavy atom. The van der Waals surface area contributed by atoms with Crippen LogP contribution in [0.3, 0.4) is 0 Å². The third-order valence-corrected chi connectivity index (χ3v) is 3.71. The van der Waals surface area contributed by atoms with Gasteiger partial charge in [0.05, 0.1) is 0 Å². The van der Waals surface area contributed by atoms with Crippen LogP contribution in [0.4, 0.5) is 0 Å². The molecule has 0 atom stereocenters. The van der Waals surface area contributed by atoms with Crippen LogP contribution >= 0.6 is 15.9 Å². The number of benzene rings is 2. The highest BCUT2D eigenvalue weighted by molar-refractivity contribution is 9.10. The van der Waals surface area contributed by atoms with Gasteiger partial charge in [-0.05, 0) is 42.0 Å². The highest BCUT2D eigenvalue weighted by Crippen LogP contribution is 2.22. The topological polar surface area (TPSA) is 47.9 Å².